The van der Waals surface area contributed by atoms with E-state index in [1.54, 1.807) is 0 Å². The molecule has 0 atom stereocenters. The average Bonchev–Trinajstić information content (AvgIpc) is 2.14. The Labute approximate surface area is 101 Å². The van der Waals surface area contributed by atoms with Gasteiger partial charge in [-0.25, -0.2) is 0 Å². The molecule has 0 radical (unpaired) electrons. The summed E-state index contributed by atoms with van der Waals surface area (Å²) in [5, 5.41) is 3.02. The Morgan fingerprint density at radius 1 is 1.06 bits per heavy atom. The van der Waals surface area contributed by atoms with Crippen molar-refractivity contribution in [1.29, 1.82) is 0 Å². The van der Waals surface area contributed by atoms with E-state index in [2.05, 4.69) is 33.0 Å². The van der Waals surface area contributed by atoms with Gasteiger partial charge in [-0.3, -0.25) is 4.79 Å². The van der Waals surface area contributed by atoms with Crippen molar-refractivity contribution < 1.29 is 4.79 Å². The van der Waals surface area contributed by atoms with Crippen LogP contribution in [0.3, 0.4) is 0 Å². The molecule has 0 bridgehead atoms. The summed E-state index contributed by atoms with van der Waals surface area (Å²) in [5.41, 5.74) is 0.0714. The van der Waals surface area contributed by atoms with E-state index in [4.69, 9.17) is 0 Å². The molecule has 1 amide bonds. The average molecular weight is 227 g/mol. The van der Waals surface area contributed by atoms with Gasteiger partial charge in [-0.05, 0) is 24.7 Å². The highest BCUT2D eigenvalue weighted by Gasteiger charge is 2.28. The lowest BCUT2D eigenvalue weighted by atomic mass is 9.79. The van der Waals surface area contributed by atoms with Crippen LogP contribution in [-0.4, -0.2) is 12.5 Å². The third-order valence-corrected chi connectivity index (χ3v) is 2.93. The van der Waals surface area contributed by atoms with Crippen LogP contribution in [-0.2, 0) is 4.79 Å². The number of hydrogen-bond acceptors (Lipinski definition) is 1. The molecule has 0 aromatic heterocycles. The maximum atomic E-state index is 11.9. The number of nitrogens with one attached hydrogen (secondary N) is 1. The summed E-state index contributed by atoms with van der Waals surface area (Å²) in [7, 11) is 0. The molecule has 16 heavy (non-hydrogen) atoms. The van der Waals surface area contributed by atoms with E-state index >= 15 is 0 Å². The molecule has 0 saturated heterocycles. The summed E-state index contributed by atoms with van der Waals surface area (Å²) in [6.07, 6.45) is 4.24. The van der Waals surface area contributed by atoms with E-state index in [0.29, 0.717) is 5.41 Å². The Morgan fingerprint density at radius 3 is 2.06 bits per heavy atom. The molecule has 2 nitrogen and oxygen atoms in total. The number of unbranched alkanes of at least 4 members (excludes halogenated alkanes) is 1. The molecule has 0 aromatic carbocycles. The van der Waals surface area contributed by atoms with E-state index < -0.39 is 0 Å². The Bertz CT molecular complexity index is 213. The first-order chi connectivity index (χ1) is 7.19. The molecule has 0 fully saturated rings. The fourth-order valence-electron chi connectivity index (χ4n) is 1.42. The first-order valence-electron chi connectivity index (χ1n) is 6.47. The van der Waals surface area contributed by atoms with Crippen LogP contribution in [0.1, 0.15) is 67.2 Å². The van der Waals surface area contributed by atoms with E-state index in [9.17, 15) is 4.79 Å². The van der Waals surface area contributed by atoms with Crippen LogP contribution in [0.4, 0.5) is 0 Å². The van der Waals surface area contributed by atoms with Crippen molar-refractivity contribution in [2.45, 2.75) is 67.2 Å². The fourth-order valence-corrected chi connectivity index (χ4v) is 1.42. The van der Waals surface area contributed by atoms with Crippen LogP contribution in [0.25, 0.3) is 0 Å². The lowest BCUT2D eigenvalue weighted by Gasteiger charge is -2.27. The maximum Gasteiger partial charge on any atom is 0.225 e. The zero-order chi connectivity index (χ0) is 12.8. The molecule has 0 aliphatic rings. The Balaban J connectivity index is 4.05. The Hall–Kier alpha value is -0.530. The van der Waals surface area contributed by atoms with Crippen molar-refractivity contribution in [3.63, 3.8) is 0 Å². The zero-order valence-corrected chi connectivity index (χ0v) is 11.9. The normalized spacial score (nSPS) is 12.6. The van der Waals surface area contributed by atoms with Crippen LogP contribution in [0, 0.1) is 10.8 Å². The Morgan fingerprint density at radius 2 is 1.62 bits per heavy atom. The number of rotatable bonds is 6. The minimum Gasteiger partial charge on any atom is -0.356 e. The van der Waals surface area contributed by atoms with Crippen LogP contribution in [0.2, 0.25) is 0 Å². The van der Waals surface area contributed by atoms with Gasteiger partial charge in [0.25, 0.3) is 0 Å². The molecule has 0 aliphatic carbocycles. The minimum atomic E-state index is -0.235. The molecule has 0 heterocycles. The van der Waals surface area contributed by atoms with Gasteiger partial charge in [-0.2, -0.15) is 0 Å². The number of carbonyl (C=O) groups excluding carboxylic acids is 1. The standard InChI is InChI=1S/C14H29NO/c1-7-8-11-15-12(16)14(5,6)10-9-13(2,3)4/h7-11H2,1-6H3,(H,15,16). The van der Waals surface area contributed by atoms with E-state index in [0.717, 1.165) is 32.2 Å². The van der Waals surface area contributed by atoms with Crippen LogP contribution >= 0.6 is 0 Å². The van der Waals surface area contributed by atoms with Gasteiger partial charge in [0.15, 0.2) is 0 Å². The van der Waals surface area contributed by atoms with Gasteiger partial charge in [0.2, 0.25) is 5.91 Å². The van der Waals surface area contributed by atoms with Gasteiger partial charge < -0.3 is 5.32 Å². The van der Waals surface area contributed by atoms with Crippen molar-refractivity contribution in [2.75, 3.05) is 6.54 Å². The predicted octanol–water partition coefficient (Wildman–Crippen LogP) is 3.76. The highest BCUT2D eigenvalue weighted by molar-refractivity contribution is 5.81. The van der Waals surface area contributed by atoms with Gasteiger partial charge in [0.1, 0.15) is 0 Å². The lowest BCUT2D eigenvalue weighted by molar-refractivity contribution is -0.129. The van der Waals surface area contributed by atoms with Crippen LogP contribution in [0.15, 0.2) is 0 Å². The molecule has 0 unspecified atom stereocenters. The largest absolute Gasteiger partial charge is 0.356 e. The van der Waals surface area contributed by atoms with Gasteiger partial charge >= 0.3 is 0 Å². The summed E-state index contributed by atoms with van der Waals surface area (Å²) in [5.74, 6) is 0.199. The molecule has 0 aromatic rings. The van der Waals surface area contributed by atoms with Gasteiger partial charge in [0, 0.05) is 12.0 Å². The predicted molar refractivity (Wildman–Crippen MR) is 70.4 cm³/mol. The summed E-state index contributed by atoms with van der Waals surface area (Å²) >= 11 is 0. The molecule has 0 rings (SSSR count). The molecule has 2 heteroatoms. The summed E-state index contributed by atoms with van der Waals surface area (Å²) in [6.45, 7) is 13.7. The minimum absolute atomic E-state index is 0.199. The fraction of sp³-hybridized carbons (Fsp3) is 0.929. The van der Waals surface area contributed by atoms with Gasteiger partial charge in [-0.1, -0.05) is 48.0 Å². The highest BCUT2D eigenvalue weighted by Crippen LogP contribution is 2.30. The van der Waals surface area contributed by atoms with Crippen LogP contribution in [0.5, 0.6) is 0 Å². The van der Waals surface area contributed by atoms with Crippen molar-refractivity contribution in [2.24, 2.45) is 10.8 Å². The van der Waals surface area contributed by atoms with E-state index in [-0.39, 0.29) is 11.3 Å². The van der Waals surface area contributed by atoms with Crippen molar-refractivity contribution in [1.82, 2.24) is 5.32 Å². The summed E-state index contributed by atoms with van der Waals surface area (Å²) in [4.78, 5) is 11.9. The first kappa shape index (κ1) is 15.5. The molecule has 0 spiro atoms. The monoisotopic (exact) mass is 227 g/mol. The van der Waals surface area contributed by atoms with Crippen molar-refractivity contribution in [3.8, 4) is 0 Å². The second kappa shape index (κ2) is 6.27. The summed E-state index contributed by atoms with van der Waals surface area (Å²) in [6, 6.07) is 0. The SMILES string of the molecule is CCCCNC(=O)C(C)(C)CCC(C)(C)C. The zero-order valence-electron chi connectivity index (χ0n) is 11.9. The van der Waals surface area contributed by atoms with E-state index in [1.807, 2.05) is 13.8 Å². The molecule has 96 valence electrons. The molecule has 1 N–H and O–H groups in total. The number of carbonyl (C=O) groups is 1. The smallest absolute Gasteiger partial charge is 0.225 e. The highest BCUT2D eigenvalue weighted by atomic mass is 16.2. The third kappa shape index (κ3) is 6.86. The third-order valence-electron chi connectivity index (χ3n) is 2.93. The second-order valence-electron chi connectivity index (χ2n) is 6.55. The van der Waals surface area contributed by atoms with Crippen molar-refractivity contribution in [3.05, 3.63) is 0 Å². The second-order valence-corrected chi connectivity index (χ2v) is 6.55. The van der Waals surface area contributed by atoms with Crippen molar-refractivity contribution >= 4 is 5.91 Å². The summed E-state index contributed by atoms with van der Waals surface area (Å²) < 4.78 is 0. The molecule has 0 aliphatic heterocycles. The van der Waals surface area contributed by atoms with Crippen LogP contribution < -0.4 is 5.32 Å². The number of amides is 1. The maximum absolute atomic E-state index is 11.9. The number of hydrogen-bond donors (Lipinski definition) is 1. The van der Waals surface area contributed by atoms with Gasteiger partial charge in [-0.15, -0.1) is 0 Å². The quantitative estimate of drug-likeness (QED) is 0.688. The lowest BCUT2D eigenvalue weighted by Crippen LogP contribution is -2.37. The molecular formula is C14H29NO. The van der Waals surface area contributed by atoms with E-state index in [1.165, 1.54) is 0 Å². The van der Waals surface area contributed by atoms with Gasteiger partial charge in [0.05, 0.1) is 0 Å². The molecular weight excluding hydrogens is 198 g/mol. The molecule has 0 saturated carbocycles. The Kier molecular flexibility index (Phi) is 6.06. The topological polar surface area (TPSA) is 29.1 Å². The first-order valence-corrected chi connectivity index (χ1v) is 6.47.